The molecule has 0 aliphatic heterocycles. The van der Waals surface area contributed by atoms with Gasteiger partial charge in [-0.25, -0.2) is 4.79 Å². The molecule has 176 valence electrons. The molecule has 0 aromatic carbocycles. The Kier molecular flexibility index (Phi) is 11.1. The van der Waals surface area contributed by atoms with Gasteiger partial charge in [-0.05, 0) is 19.3 Å². The number of hydrogen-bond acceptors (Lipinski definition) is 5. The average Bonchev–Trinajstić information content (AvgIpc) is 2.63. The number of nitrogens with one attached hydrogen (secondary N) is 1. The molecule has 0 aromatic heterocycles. The molecule has 0 aromatic rings. The summed E-state index contributed by atoms with van der Waals surface area (Å²) in [5.41, 5.74) is 0. The molecule has 0 saturated carbocycles. The van der Waals surface area contributed by atoms with Gasteiger partial charge in [0.15, 0.2) is 0 Å². The van der Waals surface area contributed by atoms with Crippen molar-refractivity contribution in [2.75, 3.05) is 13.2 Å². The molecule has 0 aliphatic rings. The van der Waals surface area contributed by atoms with E-state index in [4.69, 9.17) is 4.74 Å². The maximum absolute atomic E-state index is 13.5. The van der Waals surface area contributed by atoms with E-state index in [0.29, 0.717) is 25.7 Å². The fourth-order valence-electron chi connectivity index (χ4n) is 1.90. The lowest BCUT2D eigenvalue weighted by molar-refractivity contribution is -0.344. The summed E-state index contributed by atoms with van der Waals surface area (Å²) >= 11 is 0. The van der Waals surface area contributed by atoms with Gasteiger partial charge in [-0.2, -0.15) is 30.7 Å². The quantitative estimate of drug-likeness (QED) is 0.260. The molecule has 30 heavy (non-hydrogen) atoms. The number of amides is 1. The summed E-state index contributed by atoms with van der Waals surface area (Å²) in [5.74, 6) is -18.1. The Hall–Kier alpha value is -2.08. The van der Waals surface area contributed by atoms with Crippen molar-refractivity contribution in [2.24, 2.45) is 0 Å². The number of rotatable bonds is 13. The van der Waals surface area contributed by atoms with Crippen molar-refractivity contribution in [3.63, 3.8) is 0 Å². The summed E-state index contributed by atoms with van der Waals surface area (Å²) in [6.45, 7) is 3.35. The van der Waals surface area contributed by atoms with E-state index >= 15 is 0 Å². The molecule has 0 spiro atoms. The number of esters is 2. The fraction of sp³-hybridized carbons (Fsp3) is 0.824. The maximum atomic E-state index is 13.5. The van der Waals surface area contributed by atoms with Gasteiger partial charge in [-0.15, -0.1) is 0 Å². The third-order valence-electron chi connectivity index (χ3n) is 3.77. The summed E-state index contributed by atoms with van der Waals surface area (Å²) in [4.78, 5) is 35.0. The van der Waals surface area contributed by atoms with Crippen LogP contribution in [0.2, 0.25) is 0 Å². The van der Waals surface area contributed by atoms with Crippen LogP contribution in [0, 0.1) is 0 Å². The van der Waals surface area contributed by atoms with Crippen molar-refractivity contribution in [2.45, 2.75) is 76.4 Å². The summed E-state index contributed by atoms with van der Waals surface area (Å²) in [6.07, 6.45) is -5.90. The Labute approximate surface area is 168 Å². The van der Waals surface area contributed by atoms with Crippen LogP contribution in [-0.2, 0) is 23.9 Å². The van der Waals surface area contributed by atoms with E-state index in [1.165, 1.54) is 0 Å². The molecule has 6 nitrogen and oxygen atoms in total. The van der Waals surface area contributed by atoms with Crippen LogP contribution in [0.1, 0.15) is 52.4 Å². The van der Waals surface area contributed by atoms with E-state index in [2.05, 4.69) is 4.74 Å². The van der Waals surface area contributed by atoms with Crippen LogP contribution in [-0.4, -0.2) is 55.1 Å². The zero-order valence-electron chi connectivity index (χ0n) is 16.4. The normalized spacial score (nSPS) is 13.5. The Morgan fingerprint density at radius 1 is 0.867 bits per heavy atom. The van der Waals surface area contributed by atoms with Gasteiger partial charge in [0.2, 0.25) is 0 Å². The minimum Gasteiger partial charge on any atom is -0.466 e. The number of ether oxygens (including phenoxy) is 2. The first kappa shape index (κ1) is 27.9. The van der Waals surface area contributed by atoms with E-state index in [1.54, 1.807) is 6.92 Å². The molecule has 0 radical (unpaired) electrons. The van der Waals surface area contributed by atoms with E-state index < -0.39 is 54.8 Å². The van der Waals surface area contributed by atoms with Crippen LogP contribution in [0.25, 0.3) is 0 Å². The van der Waals surface area contributed by atoms with Gasteiger partial charge in [-0.3, -0.25) is 9.59 Å². The predicted molar refractivity (Wildman–Crippen MR) is 88.8 cm³/mol. The zero-order valence-corrected chi connectivity index (χ0v) is 16.4. The maximum Gasteiger partial charge on any atom is 0.460 e. The minimum atomic E-state index is -6.71. The molecule has 0 rings (SSSR count). The Morgan fingerprint density at radius 3 is 1.83 bits per heavy atom. The van der Waals surface area contributed by atoms with Crippen molar-refractivity contribution in [3.8, 4) is 0 Å². The van der Waals surface area contributed by atoms with E-state index in [0.717, 1.165) is 5.32 Å². The van der Waals surface area contributed by atoms with Crippen molar-refractivity contribution in [1.82, 2.24) is 5.32 Å². The van der Waals surface area contributed by atoms with Gasteiger partial charge in [0.05, 0.1) is 13.2 Å². The van der Waals surface area contributed by atoms with Crippen molar-refractivity contribution in [1.29, 1.82) is 0 Å². The molecule has 0 heterocycles. The van der Waals surface area contributed by atoms with Crippen LogP contribution in [0.4, 0.5) is 30.7 Å². The molecule has 0 fully saturated rings. The number of carbonyl (C=O) groups is 3. The summed E-state index contributed by atoms with van der Waals surface area (Å²) in [7, 11) is 0. The van der Waals surface area contributed by atoms with Crippen molar-refractivity contribution in [3.05, 3.63) is 0 Å². The first-order chi connectivity index (χ1) is 13.7. The summed E-state index contributed by atoms with van der Waals surface area (Å²) < 4.78 is 99.2. The second kappa shape index (κ2) is 11.9. The highest BCUT2D eigenvalue weighted by Gasteiger charge is 2.76. The molecule has 1 amide bonds. The predicted octanol–water partition coefficient (Wildman–Crippen LogP) is 3.77. The topological polar surface area (TPSA) is 81.7 Å². The highest BCUT2D eigenvalue weighted by atomic mass is 19.4. The van der Waals surface area contributed by atoms with Gasteiger partial charge in [0, 0.05) is 6.42 Å². The first-order valence-electron chi connectivity index (χ1n) is 9.17. The number of alkyl halides is 7. The first-order valence-corrected chi connectivity index (χ1v) is 9.17. The highest BCUT2D eigenvalue weighted by Crippen LogP contribution is 2.46. The Morgan fingerprint density at radius 2 is 1.37 bits per heavy atom. The van der Waals surface area contributed by atoms with Crippen LogP contribution in [0.15, 0.2) is 0 Å². The molecular weight excluding hydrogens is 431 g/mol. The number of carbonyl (C=O) groups excluding carboxylic acids is 3. The monoisotopic (exact) mass is 455 g/mol. The lowest BCUT2D eigenvalue weighted by Crippen LogP contribution is -2.61. The largest absolute Gasteiger partial charge is 0.466 e. The molecule has 0 bridgehead atoms. The lowest BCUT2D eigenvalue weighted by atomic mass is 10.1. The third-order valence-corrected chi connectivity index (χ3v) is 3.77. The fourth-order valence-corrected chi connectivity index (χ4v) is 1.90. The van der Waals surface area contributed by atoms with Crippen molar-refractivity contribution >= 4 is 17.8 Å². The van der Waals surface area contributed by atoms with E-state index in [1.807, 2.05) is 6.92 Å². The Bertz CT molecular complexity index is 581. The average molecular weight is 455 g/mol. The van der Waals surface area contributed by atoms with Crippen LogP contribution in [0.3, 0.4) is 0 Å². The van der Waals surface area contributed by atoms with E-state index in [-0.39, 0.29) is 13.2 Å². The zero-order chi connectivity index (χ0) is 23.6. The standard InChI is InChI=1S/C17H24F7NO5/c1-3-5-9-29-12(26)8-7-11(13(27)30-10-6-4-2)25-14(28)15(18,19)16(20,21)17(22,23)24/h11H,3-10H2,1-2H3,(H,25,28). The van der Waals surface area contributed by atoms with Gasteiger partial charge in [0.1, 0.15) is 6.04 Å². The van der Waals surface area contributed by atoms with E-state index in [9.17, 15) is 45.1 Å². The molecule has 0 aliphatic carbocycles. The number of hydrogen-bond donors (Lipinski definition) is 1. The smallest absolute Gasteiger partial charge is 0.460 e. The van der Waals surface area contributed by atoms with Gasteiger partial charge < -0.3 is 14.8 Å². The van der Waals surface area contributed by atoms with Gasteiger partial charge in [0.25, 0.3) is 5.91 Å². The molecule has 1 N–H and O–H groups in total. The molecule has 1 unspecified atom stereocenters. The molecule has 1 atom stereocenters. The number of halogens is 7. The second-order valence-electron chi connectivity index (χ2n) is 6.31. The SMILES string of the molecule is CCCCOC(=O)CCC(NC(=O)C(F)(F)C(F)(F)C(F)(F)F)C(=O)OCCCC. The lowest BCUT2D eigenvalue weighted by Gasteiger charge is -2.28. The van der Waals surface area contributed by atoms with Crippen LogP contribution < -0.4 is 5.32 Å². The van der Waals surface area contributed by atoms with Crippen LogP contribution >= 0.6 is 0 Å². The molecule has 13 heteroatoms. The van der Waals surface area contributed by atoms with Gasteiger partial charge in [-0.1, -0.05) is 26.7 Å². The van der Waals surface area contributed by atoms with Gasteiger partial charge >= 0.3 is 30.0 Å². The van der Waals surface area contributed by atoms with Crippen LogP contribution in [0.5, 0.6) is 0 Å². The highest BCUT2D eigenvalue weighted by molar-refractivity contribution is 5.89. The third kappa shape index (κ3) is 7.98. The summed E-state index contributed by atoms with van der Waals surface area (Å²) in [5, 5.41) is 1.13. The second-order valence-corrected chi connectivity index (χ2v) is 6.31. The number of unbranched alkanes of at least 4 members (excludes halogenated alkanes) is 2. The minimum absolute atomic E-state index is 0.0309. The summed E-state index contributed by atoms with van der Waals surface area (Å²) in [6, 6.07) is -2.05. The van der Waals surface area contributed by atoms with Crippen molar-refractivity contribution < 1.29 is 54.6 Å². The molecular formula is C17H24F7NO5. The molecule has 0 saturated heterocycles. The Balaban J connectivity index is 5.28.